The Kier molecular flexibility index (Phi) is 9.86. The van der Waals surface area contributed by atoms with Crippen LogP contribution < -0.4 is 4.90 Å². The summed E-state index contributed by atoms with van der Waals surface area (Å²) in [6, 6.07) is 12.0. The van der Waals surface area contributed by atoms with E-state index in [2.05, 4.69) is 4.90 Å². The van der Waals surface area contributed by atoms with Crippen molar-refractivity contribution >= 4 is 45.0 Å². The van der Waals surface area contributed by atoms with Crippen molar-refractivity contribution in [2.45, 2.75) is 44.1 Å². The van der Waals surface area contributed by atoms with Gasteiger partial charge < -0.3 is 19.4 Å². The van der Waals surface area contributed by atoms with E-state index in [1.165, 1.54) is 6.07 Å². The van der Waals surface area contributed by atoms with Crippen molar-refractivity contribution in [1.29, 1.82) is 0 Å². The van der Waals surface area contributed by atoms with Crippen molar-refractivity contribution in [2.24, 2.45) is 11.8 Å². The first-order valence-corrected chi connectivity index (χ1v) is 17.5. The lowest BCUT2D eigenvalue weighted by molar-refractivity contribution is -0.130. The largest absolute Gasteiger partial charge is 0.446 e. The molecule has 0 radical (unpaired) electrons. The van der Waals surface area contributed by atoms with E-state index in [0.717, 1.165) is 37.9 Å². The van der Waals surface area contributed by atoms with Gasteiger partial charge in [-0.1, -0.05) is 29.8 Å². The van der Waals surface area contributed by atoms with Crippen LogP contribution in [0, 0.1) is 18.8 Å². The number of ether oxygens (including phenoxy) is 1. The molecule has 0 N–H and O–H groups in total. The zero-order valence-electron chi connectivity index (χ0n) is 25.6. The molecule has 44 heavy (non-hydrogen) atoms. The highest BCUT2D eigenvalue weighted by Crippen LogP contribution is 2.33. The Morgan fingerprint density at radius 1 is 0.977 bits per heavy atom. The minimum Gasteiger partial charge on any atom is -0.446 e. The van der Waals surface area contributed by atoms with Crippen LogP contribution in [-0.2, 0) is 19.4 Å². The normalized spacial score (nSPS) is 20.9. The summed E-state index contributed by atoms with van der Waals surface area (Å²) in [7, 11) is -3.51. The molecule has 2 aromatic rings. The topological polar surface area (TPSA) is 108 Å². The van der Waals surface area contributed by atoms with E-state index in [-0.39, 0.29) is 28.4 Å². The maximum Gasteiger partial charge on any atom is 0.414 e. The summed E-state index contributed by atoms with van der Waals surface area (Å²) >= 11 is 6.41. The molecule has 3 heterocycles. The van der Waals surface area contributed by atoms with Gasteiger partial charge in [0.25, 0.3) is 5.91 Å². The third kappa shape index (κ3) is 7.38. The van der Waals surface area contributed by atoms with Gasteiger partial charge in [0.2, 0.25) is 5.91 Å². The molecule has 0 aliphatic carbocycles. The number of sulfone groups is 1. The van der Waals surface area contributed by atoms with E-state index in [9.17, 15) is 22.8 Å². The summed E-state index contributed by atoms with van der Waals surface area (Å²) in [5.74, 6) is 0.447. The standard InChI is InChI=1S/C32H41ClN4O6S/c1-22-9-10-26(17-29(22)33)37(32(40)43-27-11-15-35(16-12-27)23(2)38)14-6-13-34-18-24-20-36(21-25(24)19-34)31(39)28-7-4-5-8-30(28)44(3,41)42/h4-5,7-10,17,24-25,27H,6,11-16,18-21H2,1-3H3. The summed E-state index contributed by atoms with van der Waals surface area (Å²) in [6.45, 7) is 8.77. The minimum absolute atomic E-state index is 0.0355. The number of hydrogen-bond donors (Lipinski definition) is 0. The Labute approximate surface area is 264 Å². The number of nitrogens with zero attached hydrogens (tertiary/aromatic N) is 4. The summed E-state index contributed by atoms with van der Waals surface area (Å²) in [6.07, 6.45) is 2.44. The summed E-state index contributed by atoms with van der Waals surface area (Å²) < 4.78 is 30.4. The maximum atomic E-state index is 13.4. The van der Waals surface area contributed by atoms with Crippen LogP contribution in [0.2, 0.25) is 5.02 Å². The number of benzene rings is 2. The molecule has 2 atom stereocenters. The average molecular weight is 645 g/mol. The number of anilines is 1. The third-order valence-electron chi connectivity index (χ3n) is 9.06. The maximum absolute atomic E-state index is 13.4. The third-order valence-corrected chi connectivity index (χ3v) is 10.6. The van der Waals surface area contributed by atoms with E-state index < -0.39 is 15.9 Å². The molecule has 3 fully saturated rings. The average Bonchev–Trinajstić information content (AvgIpc) is 3.55. The number of carbonyl (C=O) groups excluding carboxylic acids is 3. The van der Waals surface area contributed by atoms with Gasteiger partial charge in [-0.2, -0.15) is 0 Å². The number of amides is 3. The predicted molar refractivity (Wildman–Crippen MR) is 169 cm³/mol. The number of aryl methyl sites for hydroxylation is 1. The molecule has 0 spiro atoms. The molecular weight excluding hydrogens is 604 g/mol. The second-order valence-corrected chi connectivity index (χ2v) is 14.7. The molecule has 3 aliphatic heterocycles. The fraction of sp³-hybridized carbons (Fsp3) is 0.531. The number of fused-ring (bicyclic) bond motifs is 1. The van der Waals surface area contributed by atoms with Crippen molar-refractivity contribution < 1.29 is 27.5 Å². The Morgan fingerprint density at radius 3 is 2.25 bits per heavy atom. The molecule has 0 aromatic heterocycles. The van der Waals surface area contributed by atoms with Gasteiger partial charge >= 0.3 is 6.09 Å². The van der Waals surface area contributed by atoms with Gasteiger partial charge in [0.15, 0.2) is 9.84 Å². The second-order valence-electron chi connectivity index (χ2n) is 12.3. The first-order chi connectivity index (χ1) is 20.9. The van der Waals surface area contributed by atoms with Gasteiger partial charge in [0.05, 0.1) is 10.5 Å². The van der Waals surface area contributed by atoms with Crippen LogP contribution in [0.1, 0.15) is 42.1 Å². The quantitative estimate of drug-likeness (QED) is 0.426. The molecule has 5 rings (SSSR count). The van der Waals surface area contributed by atoms with Gasteiger partial charge in [-0.15, -0.1) is 0 Å². The van der Waals surface area contributed by atoms with Crippen molar-refractivity contribution in [3.8, 4) is 0 Å². The van der Waals surface area contributed by atoms with Gasteiger partial charge in [0, 0.05) is 82.5 Å². The van der Waals surface area contributed by atoms with Crippen LogP contribution in [-0.4, -0.2) is 106 Å². The molecule has 3 amide bonds. The number of likely N-dealkylation sites (tertiary alicyclic amines) is 3. The van der Waals surface area contributed by atoms with Crippen molar-refractivity contribution in [3.05, 3.63) is 58.6 Å². The fourth-order valence-electron chi connectivity index (χ4n) is 6.60. The van der Waals surface area contributed by atoms with Crippen molar-refractivity contribution in [1.82, 2.24) is 14.7 Å². The number of rotatable bonds is 8. The van der Waals surface area contributed by atoms with E-state index in [4.69, 9.17) is 16.3 Å². The van der Waals surface area contributed by atoms with Crippen LogP contribution in [0.15, 0.2) is 47.4 Å². The Morgan fingerprint density at radius 2 is 1.64 bits per heavy atom. The highest BCUT2D eigenvalue weighted by Gasteiger charge is 2.42. The van der Waals surface area contributed by atoms with E-state index in [0.29, 0.717) is 68.1 Å². The van der Waals surface area contributed by atoms with Gasteiger partial charge in [0.1, 0.15) is 6.10 Å². The molecule has 0 bridgehead atoms. The lowest BCUT2D eigenvalue weighted by atomic mass is 10.0. The number of piperidine rings is 1. The number of carbonyl (C=O) groups is 3. The predicted octanol–water partition coefficient (Wildman–Crippen LogP) is 4.10. The minimum atomic E-state index is -3.51. The van der Waals surface area contributed by atoms with E-state index in [1.807, 2.05) is 19.1 Å². The molecule has 3 aliphatic rings. The summed E-state index contributed by atoms with van der Waals surface area (Å²) in [5, 5.41) is 0.584. The fourth-order valence-corrected chi connectivity index (χ4v) is 7.65. The monoisotopic (exact) mass is 644 g/mol. The first kappa shape index (κ1) is 32.2. The molecule has 238 valence electrons. The number of halogens is 1. The molecule has 10 nitrogen and oxygen atoms in total. The van der Waals surface area contributed by atoms with Gasteiger partial charge in [-0.25, -0.2) is 13.2 Å². The molecule has 0 saturated carbocycles. The second kappa shape index (κ2) is 13.5. The van der Waals surface area contributed by atoms with Crippen LogP contribution in [0.3, 0.4) is 0 Å². The van der Waals surface area contributed by atoms with Crippen LogP contribution in [0.25, 0.3) is 0 Å². The van der Waals surface area contributed by atoms with Crippen LogP contribution >= 0.6 is 11.6 Å². The van der Waals surface area contributed by atoms with E-state index >= 15 is 0 Å². The highest BCUT2D eigenvalue weighted by molar-refractivity contribution is 7.90. The number of hydrogen-bond acceptors (Lipinski definition) is 7. The molecule has 12 heteroatoms. The molecular formula is C32H41ClN4O6S. The van der Waals surface area contributed by atoms with Crippen molar-refractivity contribution in [2.75, 3.05) is 63.5 Å². The Bertz CT molecular complexity index is 1500. The molecule has 3 saturated heterocycles. The van der Waals surface area contributed by atoms with E-state index in [1.54, 1.807) is 45.9 Å². The summed E-state index contributed by atoms with van der Waals surface area (Å²) in [5.41, 5.74) is 1.85. The zero-order valence-corrected chi connectivity index (χ0v) is 27.1. The SMILES string of the molecule is CC(=O)N1CCC(OC(=O)N(CCCN2CC3CN(C(=O)c4ccccc4S(C)(=O)=O)CC3C2)c2ccc(C)c(Cl)c2)CC1. The Balaban J connectivity index is 1.16. The summed E-state index contributed by atoms with van der Waals surface area (Å²) in [4.78, 5) is 46.0. The van der Waals surface area contributed by atoms with Gasteiger partial charge in [-0.3, -0.25) is 14.5 Å². The van der Waals surface area contributed by atoms with Crippen molar-refractivity contribution in [3.63, 3.8) is 0 Å². The lowest BCUT2D eigenvalue weighted by Gasteiger charge is -2.32. The highest BCUT2D eigenvalue weighted by atomic mass is 35.5. The van der Waals surface area contributed by atoms with Crippen LogP contribution in [0.5, 0.6) is 0 Å². The first-order valence-electron chi connectivity index (χ1n) is 15.2. The zero-order chi connectivity index (χ0) is 31.6. The Hall–Kier alpha value is -3.15. The van der Waals surface area contributed by atoms with Crippen LogP contribution in [0.4, 0.5) is 10.5 Å². The molecule has 2 unspecified atom stereocenters. The lowest BCUT2D eigenvalue weighted by Crippen LogP contribution is -2.43. The smallest absolute Gasteiger partial charge is 0.414 e. The van der Waals surface area contributed by atoms with Gasteiger partial charge in [-0.05, 0) is 61.6 Å². The molecule has 2 aromatic carbocycles.